The van der Waals surface area contributed by atoms with Crippen LogP contribution in [0.25, 0.3) is 11.3 Å². The van der Waals surface area contributed by atoms with Crippen LogP contribution >= 0.6 is 11.6 Å². The molecule has 0 fully saturated rings. The van der Waals surface area contributed by atoms with E-state index in [4.69, 9.17) is 16.3 Å². The minimum Gasteiger partial charge on any atom is -0.492 e. The van der Waals surface area contributed by atoms with E-state index in [9.17, 15) is 19.8 Å². The summed E-state index contributed by atoms with van der Waals surface area (Å²) in [6.45, 7) is 6.14. The van der Waals surface area contributed by atoms with Crippen LogP contribution in [-0.2, 0) is 16.0 Å². The zero-order valence-electron chi connectivity index (χ0n) is 17.3. The van der Waals surface area contributed by atoms with Crippen molar-refractivity contribution in [3.05, 3.63) is 47.1 Å². The molecule has 0 radical (unpaired) electrons. The molecule has 3 N–H and O–H groups in total. The summed E-state index contributed by atoms with van der Waals surface area (Å²) in [6, 6.07) is 6.95. The van der Waals surface area contributed by atoms with Crippen LogP contribution in [0.4, 0.5) is 0 Å². The van der Waals surface area contributed by atoms with Crippen LogP contribution in [0.15, 0.2) is 36.5 Å². The van der Waals surface area contributed by atoms with Gasteiger partial charge in [0.25, 0.3) is 0 Å². The quantitative estimate of drug-likeness (QED) is 0.492. The van der Waals surface area contributed by atoms with Crippen LogP contribution < -0.4 is 10.1 Å². The summed E-state index contributed by atoms with van der Waals surface area (Å²) in [6.07, 6.45) is 2.11. The zero-order valence-corrected chi connectivity index (χ0v) is 18.0. The lowest BCUT2D eigenvalue weighted by Gasteiger charge is -2.22. The highest BCUT2D eigenvalue weighted by Crippen LogP contribution is 2.33. The third-order valence-electron chi connectivity index (χ3n) is 4.53. The van der Waals surface area contributed by atoms with Crippen LogP contribution in [0.1, 0.15) is 32.8 Å². The van der Waals surface area contributed by atoms with E-state index in [1.54, 1.807) is 36.5 Å². The van der Waals surface area contributed by atoms with Crippen LogP contribution in [0.3, 0.4) is 0 Å². The molecule has 0 bridgehead atoms. The monoisotopic (exact) mass is 434 g/mol. The van der Waals surface area contributed by atoms with E-state index in [-0.39, 0.29) is 12.3 Å². The second kappa shape index (κ2) is 10.9. The van der Waals surface area contributed by atoms with E-state index in [2.05, 4.69) is 10.3 Å². The summed E-state index contributed by atoms with van der Waals surface area (Å²) in [5.41, 5.74) is 2.10. The van der Waals surface area contributed by atoms with E-state index in [0.29, 0.717) is 29.5 Å². The summed E-state index contributed by atoms with van der Waals surface area (Å²) in [7, 11) is 0. The molecule has 0 saturated heterocycles. The first kappa shape index (κ1) is 23.6. The number of halogens is 1. The van der Waals surface area contributed by atoms with E-state index in [0.717, 1.165) is 11.1 Å². The Morgan fingerprint density at radius 2 is 1.73 bits per heavy atom. The van der Waals surface area contributed by atoms with Gasteiger partial charge in [-0.15, -0.1) is 0 Å². The van der Waals surface area contributed by atoms with Gasteiger partial charge in [0.1, 0.15) is 22.9 Å². The van der Waals surface area contributed by atoms with Gasteiger partial charge in [0, 0.05) is 17.8 Å². The molecule has 0 aliphatic carbocycles. The average Bonchev–Trinajstić information content (AvgIpc) is 2.68. The number of pyridine rings is 1. The molecule has 1 aromatic carbocycles. The van der Waals surface area contributed by atoms with Crippen molar-refractivity contribution in [2.75, 3.05) is 6.61 Å². The molecule has 30 heavy (non-hydrogen) atoms. The van der Waals surface area contributed by atoms with E-state index in [1.807, 2.05) is 20.8 Å². The number of aromatic nitrogens is 1. The van der Waals surface area contributed by atoms with Crippen molar-refractivity contribution in [2.45, 2.75) is 45.7 Å². The fourth-order valence-corrected chi connectivity index (χ4v) is 3.38. The molecule has 1 aromatic heterocycles. The van der Waals surface area contributed by atoms with Gasteiger partial charge in [-0.25, -0.2) is 0 Å². The predicted octanol–water partition coefficient (Wildman–Crippen LogP) is 3.89. The maximum absolute atomic E-state index is 11.7. The number of rotatable bonds is 11. The molecular weight excluding hydrogens is 408 g/mol. The van der Waals surface area contributed by atoms with Crippen molar-refractivity contribution >= 4 is 23.5 Å². The van der Waals surface area contributed by atoms with Gasteiger partial charge in [-0.3, -0.25) is 19.9 Å². The molecule has 162 valence electrons. The normalized spacial score (nSPS) is 13.1. The molecule has 2 atom stereocenters. The van der Waals surface area contributed by atoms with Crippen molar-refractivity contribution in [1.29, 1.82) is 0 Å². The number of aliphatic carboxylic acids is 2. The second-order valence-electron chi connectivity index (χ2n) is 7.38. The average molecular weight is 435 g/mol. The van der Waals surface area contributed by atoms with Crippen LogP contribution in [0, 0.1) is 5.92 Å². The number of carbonyl (C=O) groups is 2. The van der Waals surface area contributed by atoms with Crippen molar-refractivity contribution in [3.8, 4) is 17.0 Å². The topological polar surface area (TPSA) is 109 Å². The highest BCUT2D eigenvalue weighted by atomic mass is 35.5. The molecule has 0 saturated carbocycles. The smallest absolute Gasteiger partial charge is 0.321 e. The molecule has 0 spiro atoms. The number of carboxylic acid groups (broad SMARTS) is 2. The van der Waals surface area contributed by atoms with Gasteiger partial charge in [0.05, 0.1) is 12.3 Å². The Balaban J connectivity index is 2.17. The number of benzene rings is 1. The lowest BCUT2D eigenvalue weighted by Crippen LogP contribution is -2.48. The van der Waals surface area contributed by atoms with Crippen LogP contribution in [0.5, 0.6) is 5.75 Å². The fraction of sp³-hybridized carbons (Fsp3) is 0.409. The minimum absolute atomic E-state index is 0.122. The van der Waals surface area contributed by atoms with Crippen LogP contribution in [0.2, 0.25) is 5.02 Å². The number of carboxylic acids is 2. The molecule has 2 rings (SSSR count). The highest BCUT2D eigenvalue weighted by molar-refractivity contribution is 6.34. The van der Waals surface area contributed by atoms with Crippen molar-refractivity contribution in [3.63, 3.8) is 0 Å². The first-order valence-corrected chi connectivity index (χ1v) is 10.2. The molecular formula is C22H27ClN2O5. The summed E-state index contributed by atoms with van der Waals surface area (Å²) >= 11 is 6.39. The molecule has 8 heteroatoms. The fourth-order valence-electron chi connectivity index (χ4n) is 3.10. The number of hydrogen-bond acceptors (Lipinski definition) is 5. The SMILES string of the molecule is CCOc1ccnc(-c2ccc(C[C@H](N[C@@H](CC(C)C)C(=O)O)C(=O)O)cc2)c1Cl. The Morgan fingerprint density at radius 3 is 2.27 bits per heavy atom. The molecule has 7 nitrogen and oxygen atoms in total. The number of hydrogen-bond donors (Lipinski definition) is 3. The summed E-state index contributed by atoms with van der Waals surface area (Å²) < 4.78 is 5.49. The Bertz CT molecular complexity index is 870. The van der Waals surface area contributed by atoms with Gasteiger partial charge in [0.2, 0.25) is 0 Å². The molecule has 0 aliphatic rings. The predicted molar refractivity (Wildman–Crippen MR) is 115 cm³/mol. The van der Waals surface area contributed by atoms with Gasteiger partial charge in [-0.1, -0.05) is 49.7 Å². The van der Waals surface area contributed by atoms with Gasteiger partial charge >= 0.3 is 11.9 Å². The van der Waals surface area contributed by atoms with Gasteiger partial charge in [0.15, 0.2) is 0 Å². The first-order chi connectivity index (χ1) is 14.2. The third-order valence-corrected chi connectivity index (χ3v) is 4.89. The zero-order chi connectivity index (χ0) is 22.3. The van der Waals surface area contributed by atoms with Gasteiger partial charge in [-0.2, -0.15) is 0 Å². The van der Waals surface area contributed by atoms with Gasteiger partial charge in [-0.05, 0) is 31.2 Å². The van der Waals surface area contributed by atoms with Crippen molar-refractivity contribution in [2.24, 2.45) is 5.92 Å². The summed E-state index contributed by atoms with van der Waals surface area (Å²) in [4.78, 5) is 27.5. The molecule has 0 unspecified atom stereocenters. The number of nitrogens with one attached hydrogen (secondary N) is 1. The number of ether oxygens (including phenoxy) is 1. The maximum Gasteiger partial charge on any atom is 0.321 e. The van der Waals surface area contributed by atoms with E-state index < -0.39 is 24.0 Å². The Hall–Kier alpha value is -2.64. The molecule has 1 heterocycles. The van der Waals surface area contributed by atoms with Crippen molar-refractivity contribution in [1.82, 2.24) is 10.3 Å². The molecule has 2 aromatic rings. The third kappa shape index (κ3) is 6.43. The van der Waals surface area contributed by atoms with Gasteiger partial charge < -0.3 is 14.9 Å². The maximum atomic E-state index is 11.7. The molecule has 0 amide bonds. The number of nitrogens with zero attached hydrogens (tertiary/aromatic N) is 1. The standard InChI is InChI=1S/C22H27ClN2O5/c1-4-30-18-9-10-24-20(19(18)23)15-7-5-14(6-8-15)12-17(22(28)29)25-16(21(26)27)11-13(2)3/h5-10,13,16-17,25H,4,11-12H2,1-3H3,(H,26,27)(H,28,29)/t16-,17-/m0/s1. The first-order valence-electron chi connectivity index (χ1n) is 9.81. The Labute approximate surface area is 181 Å². The van der Waals surface area contributed by atoms with Crippen molar-refractivity contribution < 1.29 is 24.5 Å². The highest BCUT2D eigenvalue weighted by Gasteiger charge is 2.26. The molecule has 0 aliphatic heterocycles. The van der Waals surface area contributed by atoms with Crippen LogP contribution in [-0.4, -0.2) is 45.8 Å². The largest absolute Gasteiger partial charge is 0.492 e. The Morgan fingerprint density at radius 1 is 1.10 bits per heavy atom. The summed E-state index contributed by atoms with van der Waals surface area (Å²) in [5, 5.41) is 22.1. The minimum atomic E-state index is -1.09. The Kier molecular flexibility index (Phi) is 8.62. The van der Waals surface area contributed by atoms with E-state index in [1.165, 1.54) is 0 Å². The lowest BCUT2D eigenvalue weighted by atomic mass is 9.99. The van der Waals surface area contributed by atoms with E-state index >= 15 is 0 Å². The summed E-state index contributed by atoms with van der Waals surface area (Å²) in [5.74, 6) is -1.48. The second-order valence-corrected chi connectivity index (χ2v) is 7.76. The lowest BCUT2D eigenvalue weighted by molar-refractivity contribution is -0.142.